The van der Waals surface area contributed by atoms with Crippen LogP contribution in [-0.2, 0) is 6.54 Å². The summed E-state index contributed by atoms with van der Waals surface area (Å²) in [6, 6.07) is 2.98. The third kappa shape index (κ3) is 2.58. The highest BCUT2D eigenvalue weighted by molar-refractivity contribution is 5.93. The molecule has 11 heteroatoms. The Bertz CT molecular complexity index is 1270. The second kappa shape index (κ2) is 5.76. The maximum absolute atomic E-state index is 12.9. The second-order valence-electron chi connectivity index (χ2n) is 6.76. The van der Waals surface area contributed by atoms with Crippen molar-refractivity contribution in [2.75, 3.05) is 0 Å². The maximum atomic E-state index is 12.9. The maximum Gasteiger partial charge on any atom is 0.277 e. The molecule has 0 saturated heterocycles. The average Bonchev–Trinajstić information content (AvgIpc) is 3.38. The van der Waals surface area contributed by atoms with Crippen LogP contribution in [0.1, 0.15) is 31.8 Å². The van der Waals surface area contributed by atoms with Crippen molar-refractivity contribution in [1.82, 2.24) is 44.8 Å². The van der Waals surface area contributed by atoms with E-state index < -0.39 is 0 Å². The zero-order valence-corrected chi connectivity index (χ0v) is 14.4. The monoisotopic (exact) mass is 365 g/mol. The molecule has 0 N–H and O–H groups in total. The van der Waals surface area contributed by atoms with E-state index in [4.69, 9.17) is 0 Å². The summed E-state index contributed by atoms with van der Waals surface area (Å²) in [5.41, 5.74) is 0.228. The Balaban J connectivity index is 1.63. The molecule has 0 bridgehead atoms. The molecule has 11 nitrogen and oxygen atoms in total. The molecule has 3 heterocycles. The first-order valence-corrected chi connectivity index (χ1v) is 8.62. The van der Waals surface area contributed by atoms with Crippen LogP contribution in [0.4, 0.5) is 0 Å². The molecule has 1 aromatic carbocycles. The summed E-state index contributed by atoms with van der Waals surface area (Å²) in [6.07, 6.45) is 4.87. The lowest BCUT2D eigenvalue weighted by Crippen LogP contribution is -2.30. The summed E-state index contributed by atoms with van der Waals surface area (Å²) in [6.45, 7) is 2.28. The summed E-state index contributed by atoms with van der Waals surface area (Å²) < 4.78 is 4.33. The molecule has 1 aliphatic carbocycles. The first-order chi connectivity index (χ1) is 13.1. The van der Waals surface area contributed by atoms with Crippen molar-refractivity contribution >= 4 is 21.8 Å². The third-order valence-corrected chi connectivity index (χ3v) is 4.72. The van der Waals surface area contributed by atoms with Crippen LogP contribution in [-0.4, -0.2) is 44.8 Å². The van der Waals surface area contributed by atoms with Gasteiger partial charge in [0.1, 0.15) is 23.7 Å². The van der Waals surface area contributed by atoms with Gasteiger partial charge in [-0.05, 0) is 31.9 Å². The molecule has 1 atom stereocenters. The fraction of sp³-hybridized carbons (Fsp3) is 0.375. The lowest BCUT2D eigenvalue weighted by molar-refractivity contribution is 0.379. The van der Waals surface area contributed by atoms with E-state index >= 15 is 0 Å². The second-order valence-corrected chi connectivity index (χ2v) is 6.76. The Morgan fingerprint density at radius 3 is 2.44 bits per heavy atom. The van der Waals surface area contributed by atoms with Gasteiger partial charge in [0.2, 0.25) is 0 Å². The number of aromatic nitrogens is 9. The standard InChI is InChI=1S/C16H15N9O2/c1-9(6-23-8-17-7-18-23)24-15(26)11-4-14-12(5-13(11)19-21-24)16(27)25(22-20-14)10-2-3-10/h4-5,7-10H,2-3,6H2,1H3/t9-/m1/s1. The van der Waals surface area contributed by atoms with Crippen molar-refractivity contribution in [2.45, 2.75) is 38.4 Å². The van der Waals surface area contributed by atoms with Crippen molar-refractivity contribution in [3.63, 3.8) is 0 Å². The van der Waals surface area contributed by atoms with Gasteiger partial charge in [-0.2, -0.15) is 5.10 Å². The number of hydrogen-bond acceptors (Lipinski definition) is 8. The van der Waals surface area contributed by atoms with Crippen molar-refractivity contribution in [2.24, 2.45) is 0 Å². The molecule has 0 aliphatic heterocycles. The summed E-state index contributed by atoms with van der Waals surface area (Å²) in [5.74, 6) is 0. The van der Waals surface area contributed by atoms with E-state index in [0.717, 1.165) is 12.8 Å². The number of hydrogen-bond donors (Lipinski definition) is 0. The topological polar surface area (TPSA) is 126 Å². The van der Waals surface area contributed by atoms with Gasteiger partial charge in [0.05, 0.1) is 29.4 Å². The van der Waals surface area contributed by atoms with Crippen LogP contribution in [0.15, 0.2) is 34.4 Å². The quantitative estimate of drug-likeness (QED) is 0.466. The molecule has 0 radical (unpaired) electrons. The summed E-state index contributed by atoms with van der Waals surface area (Å²) in [5, 5.41) is 21.1. The summed E-state index contributed by atoms with van der Waals surface area (Å²) in [7, 11) is 0. The van der Waals surface area contributed by atoms with Crippen molar-refractivity contribution < 1.29 is 0 Å². The number of rotatable bonds is 4. The van der Waals surface area contributed by atoms with Gasteiger partial charge in [-0.25, -0.2) is 14.3 Å². The molecule has 4 aromatic rings. The van der Waals surface area contributed by atoms with Crippen molar-refractivity contribution in [3.05, 3.63) is 45.5 Å². The third-order valence-electron chi connectivity index (χ3n) is 4.72. The highest BCUT2D eigenvalue weighted by atomic mass is 16.1. The fourth-order valence-corrected chi connectivity index (χ4v) is 3.13. The van der Waals surface area contributed by atoms with Crippen molar-refractivity contribution in [1.29, 1.82) is 0 Å². The highest BCUT2D eigenvalue weighted by Gasteiger charge is 2.27. The minimum absolute atomic E-state index is 0.127. The Morgan fingerprint density at radius 2 is 1.78 bits per heavy atom. The van der Waals surface area contributed by atoms with Gasteiger partial charge in [-0.1, -0.05) is 10.4 Å². The van der Waals surface area contributed by atoms with Gasteiger partial charge in [0.25, 0.3) is 11.1 Å². The molecule has 136 valence electrons. The van der Waals surface area contributed by atoms with Crippen LogP contribution < -0.4 is 11.1 Å². The zero-order chi connectivity index (χ0) is 18.5. The van der Waals surface area contributed by atoms with Gasteiger partial charge in [-0.3, -0.25) is 14.3 Å². The molecule has 1 aliphatic rings. The van der Waals surface area contributed by atoms with E-state index in [0.29, 0.717) is 28.4 Å². The van der Waals surface area contributed by atoms with E-state index in [-0.39, 0.29) is 23.2 Å². The molecule has 27 heavy (non-hydrogen) atoms. The number of benzene rings is 1. The molecular weight excluding hydrogens is 350 g/mol. The van der Waals surface area contributed by atoms with Crippen molar-refractivity contribution in [3.8, 4) is 0 Å². The SMILES string of the molecule is C[C@H](Cn1cncn1)n1nnc2cc3c(=O)n(C4CC4)nnc3cc2c1=O. The predicted octanol–water partition coefficient (Wildman–Crippen LogP) is 0.0840. The van der Waals surface area contributed by atoms with Gasteiger partial charge in [-0.15, -0.1) is 10.2 Å². The predicted molar refractivity (Wildman–Crippen MR) is 94.2 cm³/mol. The van der Waals surface area contributed by atoms with Crippen LogP contribution >= 0.6 is 0 Å². The van der Waals surface area contributed by atoms with Gasteiger partial charge in [0.15, 0.2) is 0 Å². The lowest BCUT2D eigenvalue weighted by atomic mass is 10.2. The molecule has 3 aromatic heterocycles. The molecule has 0 spiro atoms. The van der Waals surface area contributed by atoms with Crippen LogP contribution in [0.3, 0.4) is 0 Å². The van der Waals surface area contributed by atoms with Gasteiger partial charge < -0.3 is 0 Å². The van der Waals surface area contributed by atoms with Crippen LogP contribution in [0.5, 0.6) is 0 Å². The first kappa shape index (κ1) is 15.7. The minimum Gasteiger partial charge on any atom is -0.267 e. The first-order valence-electron chi connectivity index (χ1n) is 8.62. The smallest absolute Gasteiger partial charge is 0.267 e. The molecule has 1 fully saturated rings. The molecule has 1 saturated carbocycles. The Morgan fingerprint density at radius 1 is 1.07 bits per heavy atom. The molecular formula is C16H15N9O2. The zero-order valence-electron chi connectivity index (χ0n) is 14.4. The number of fused-ring (bicyclic) bond motifs is 2. The van der Waals surface area contributed by atoms with Gasteiger partial charge in [0, 0.05) is 0 Å². The largest absolute Gasteiger partial charge is 0.277 e. The van der Waals surface area contributed by atoms with Crippen LogP contribution in [0.25, 0.3) is 21.8 Å². The Kier molecular flexibility index (Phi) is 3.35. The minimum atomic E-state index is -0.303. The lowest BCUT2D eigenvalue weighted by Gasteiger charge is -2.13. The van der Waals surface area contributed by atoms with E-state index in [1.165, 1.54) is 15.7 Å². The normalized spacial score (nSPS) is 15.4. The van der Waals surface area contributed by atoms with E-state index in [1.54, 1.807) is 23.1 Å². The Hall–Kier alpha value is -3.50. The summed E-state index contributed by atoms with van der Waals surface area (Å²) >= 11 is 0. The fourth-order valence-electron chi connectivity index (χ4n) is 3.13. The average molecular weight is 365 g/mol. The van der Waals surface area contributed by atoms with Crippen LogP contribution in [0.2, 0.25) is 0 Å². The van der Waals surface area contributed by atoms with E-state index in [1.807, 2.05) is 6.92 Å². The Labute approximate surface area is 151 Å². The molecule has 5 rings (SSSR count). The highest BCUT2D eigenvalue weighted by Crippen LogP contribution is 2.32. The van der Waals surface area contributed by atoms with Gasteiger partial charge >= 0.3 is 0 Å². The van der Waals surface area contributed by atoms with E-state index in [9.17, 15) is 9.59 Å². The summed E-state index contributed by atoms with van der Waals surface area (Å²) in [4.78, 5) is 29.4. The molecule has 0 unspecified atom stereocenters. The van der Waals surface area contributed by atoms with E-state index in [2.05, 4.69) is 30.7 Å². The molecule has 0 amide bonds. The number of nitrogens with zero attached hydrogens (tertiary/aromatic N) is 9. The van der Waals surface area contributed by atoms with Crippen LogP contribution in [0, 0.1) is 0 Å².